The Balaban J connectivity index is 1.30. The van der Waals surface area contributed by atoms with Crippen molar-refractivity contribution in [3.05, 3.63) is 72.1 Å². The number of benzene rings is 1. The molecule has 0 saturated carbocycles. The van der Waals surface area contributed by atoms with Crippen LogP contribution in [0.2, 0.25) is 0 Å². The summed E-state index contributed by atoms with van der Waals surface area (Å²) in [6.07, 6.45) is 0.212. The maximum Gasteiger partial charge on any atom is 0.416 e. The molecule has 1 aliphatic rings. The Morgan fingerprint density at radius 1 is 1.11 bits per heavy atom. The van der Waals surface area contributed by atoms with Crippen molar-refractivity contribution in [1.29, 1.82) is 0 Å². The van der Waals surface area contributed by atoms with Crippen LogP contribution in [-0.4, -0.2) is 45.0 Å². The van der Waals surface area contributed by atoms with E-state index in [1.807, 2.05) is 12.1 Å². The highest BCUT2D eigenvalue weighted by Crippen LogP contribution is 2.30. The molecule has 1 saturated heterocycles. The molecule has 5 rings (SSSR count). The van der Waals surface area contributed by atoms with Gasteiger partial charge in [0.05, 0.1) is 10.9 Å². The predicted molar refractivity (Wildman–Crippen MR) is 127 cm³/mol. The number of hydrogen-bond donors (Lipinski definition) is 3. The Labute approximate surface area is 203 Å². The fourth-order valence-electron chi connectivity index (χ4n) is 3.90. The highest BCUT2D eigenvalue weighted by Gasteiger charge is 2.31. The molecular formula is C24H22F3N7O2. The van der Waals surface area contributed by atoms with Gasteiger partial charge in [-0.2, -0.15) is 13.2 Å². The smallest absolute Gasteiger partial charge is 0.364 e. The third kappa shape index (κ3) is 5.23. The zero-order valence-corrected chi connectivity index (χ0v) is 18.9. The minimum absolute atomic E-state index is 0.197. The Bertz CT molecular complexity index is 1370. The van der Waals surface area contributed by atoms with Gasteiger partial charge >= 0.3 is 6.18 Å². The maximum atomic E-state index is 12.9. The van der Waals surface area contributed by atoms with E-state index in [4.69, 9.17) is 4.84 Å². The molecule has 186 valence electrons. The van der Waals surface area contributed by atoms with Crippen molar-refractivity contribution in [1.82, 2.24) is 25.2 Å². The number of carbonyl (C=O) groups excluding carboxylic acids is 1. The zero-order chi connectivity index (χ0) is 25.1. The van der Waals surface area contributed by atoms with Crippen molar-refractivity contribution >= 4 is 28.6 Å². The van der Waals surface area contributed by atoms with Crippen LogP contribution in [0, 0.1) is 0 Å². The average molecular weight is 497 g/mol. The van der Waals surface area contributed by atoms with Crippen molar-refractivity contribution in [2.75, 3.05) is 23.7 Å². The van der Waals surface area contributed by atoms with E-state index in [1.165, 1.54) is 17.0 Å². The molecular weight excluding hydrogens is 475 g/mol. The molecule has 1 fully saturated rings. The van der Waals surface area contributed by atoms with E-state index in [0.29, 0.717) is 17.2 Å². The molecule has 4 aromatic rings. The monoisotopic (exact) mass is 497 g/mol. The quantitative estimate of drug-likeness (QED) is 0.368. The van der Waals surface area contributed by atoms with Crippen molar-refractivity contribution in [2.24, 2.45) is 0 Å². The number of aromatic nitrogens is 4. The van der Waals surface area contributed by atoms with E-state index < -0.39 is 17.6 Å². The van der Waals surface area contributed by atoms with Crippen LogP contribution in [0.15, 0.2) is 60.9 Å². The van der Waals surface area contributed by atoms with Gasteiger partial charge in [-0.1, -0.05) is 4.85 Å². The van der Waals surface area contributed by atoms with Crippen LogP contribution in [0.25, 0.3) is 11.0 Å². The lowest BCUT2D eigenvalue weighted by Crippen LogP contribution is -2.38. The third-order valence-electron chi connectivity index (χ3n) is 5.69. The lowest BCUT2D eigenvalue weighted by atomic mass is 10.1. The molecule has 0 unspecified atom stereocenters. The first kappa shape index (κ1) is 23.5. The lowest BCUT2D eigenvalue weighted by molar-refractivity contribution is -0.137. The molecule has 1 aliphatic heterocycles. The summed E-state index contributed by atoms with van der Waals surface area (Å²) in [6, 6.07) is 11.7. The minimum atomic E-state index is -4.53. The molecule has 3 N–H and O–H groups in total. The summed E-state index contributed by atoms with van der Waals surface area (Å²) in [4.78, 5) is 27.9. The minimum Gasteiger partial charge on any atom is -0.364 e. The van der Waals surface area contributed by atoms with Gasteiger partial charge in [0.15, 0.2) is 11.6 Å². The van der Waals surface area contributed by atoms with Crippen LogP contribution < -0.4 is 20.8 Å². The Kier molecular flexibility index (Phi) is 6.42. The number of nitrogens with zero attached hydrogens (tertiary/aromatic N) is 4. The van der Waals surface area contributed by atoms with Crippen molar-refractivity contribution in [2.45, 2.75) is 25.1 Å². The number of carbonyl (C=O) groups is 1. The molecule has 1 aromatic carbocycles. The summed E-state index contributed by atoms with van der Waals surface area (Å²) in [5.74, 6) is 0.255. The Morgan fingerprint density at radius 2 is 1.94 bits per heavy atom. The largest absolute Gasteiger partial charge is 0.416 e. The second-order valence-electron chi connectivity index (χ2n) is 8.28. The average Bonchev–Trinajstić information content (AvgIpc) is 3.21. The standard InChI is InChI=1S/C24H22F3N7O2/c25-24(26,27)16-9-12-29-20(13-16)32-23(35)15-5-7-18(8-6-15)36-34-22-19(4-2-11-30-22)21(33-34)31-17-3-1-10-28-14-17/h2,4-9,11-13,17,28H,1,3,10,14H2,(H,31,33)(H,29,32,35)/t17-/m1/s1. The maximum absolute atomic E-state index is 12.9. The first-order valence-electron chi connectivity index (χ1n) is 11.3. The number of nitrogens with one attached hydrogen (secondary N) is 3. The zero-order valence-electron chi connectivity index (χ0n) is 18.9. The van der Waals surface area contributed by atoms with Gasteiger partial charge in [0.25, 0.3) is 5.91 Å². The summed E-state index contributed by atoms with van der Waals surface area (Å²) in [5.41, 5.74) is -0.149. The number of pyridine rings is 2. The van der Waals surface area contributed by atoms with E-state index in [9.17, 15) is 18.0 Å². The van der Waals surface area contributed by atoms with Crippen molar-refractivity contribution in [3.63, 3.8) is 0 Å². The van der Waals surface area contributed by atoms with Gasteiger partial charge in [0.2, 0.25) is 5.65 Å². The summed E-state index contributed by atoms with van der Waals surface area (Å²) in [7, 11) is 0. The van der Waals surface area contributed by atoms with Crippen LogP contribution >= 0.6 is 0 Å². The molecule has 0 spiro atoms. The van der Waals surface area contributed by atoms with Gasteiger partial charge in [-0.15, -0.1) is 5.10 Å². The van der Waals surface area contributed by atoms with Crippen LogP contribution in [0.4, 0.5) is 24.8 Å². The van der Waals surface area contributed by atoms with Gasteiger partial charge in [0, 0.05) is 30.5 Å². The highest BCUT2D eigenvalue weighted by molar-refractivity contribution is 6.03. The molecule has 0 radical (unpaired) electrons. The first-order valence-corrected chi connectivity index (χ1v) is 11.3. The van der Waals surface area contributed by atoms with Crippen LogP contribution in [0.5, 0.6) is 5.75 Å². The molecule has 1 amide bonds. The first-order chi connectivity index (χ1) is 17.4. The van der Waals surface area contributed by atoms with Gasteiger partial charge in [-0.3, -0.25) is 4.79 Å². The number of anilines is 2. The van der Waals surface area contributed by atoms with E-state index in [1.54, 1.807) is 18.3 Å². The van der Waals surface area contributed by atoms with Crippen LogP contribution in [0.1, 0.15) is 28.8 Å². The molecule has 9 nitrogen and oxygen atoms in total. The topological polar surface area (TPSA) is 106 Å². The Morgan fingerprint density at radius 3 is 2.69 bits per heavy atom. The third-order valence-corrected chi connectivity index (χ3v) is 5.69. The SMILES string of the molecule is O=C(Nc1cc(C(F)(F)F)ccn1)c1ccc(On2nc(N[C@@H]3CCCNC3)c3cccnc32)cc1. The highest BCUT2D eigenvalue weighted by atomic mass is 19.4. The number of amides is 1. The summed E-state index contributed by atoms with van der Waals surface area (Å²) in [5, 5.41) is 14.5. The fourth-order valence-corrected chi connectivity index (χ4v) is 3.90. The summed E-state index contributed by atoms with van der Waals surface area (Å²) in [6.45, 7) is 1.84. The van der Waals surface area contributed by atoms with Crippen LogP contribution in [0.3, 0.4) is 0 Å². The molecule has 0 aliphatic carbocycles. The van der Waals surface area contributed by atoms with E-state index in [-0.39, 0.29) is 17.4 Å². The van der Waals surface area contributed by atoms with Gasteiger partial charge < -0.3 is 20.8 Å². The fraction of sp³-hybridized carbons (Fsp3) is 0.250. The van der Waals surface area contributed by atoms with Gasteiger partial charge in [-0.05, 0) is 67.9 Å². The van der Waals surface area contributed by atoms with Gasteiger partial charge in [0.1, 0.15) is 5.82 Å². The molecule has 36 heavy (non-hydrogen) atoms. The molecule has 12 heteroatoms. The number of rotatable bonds is 6. The summed E-state index contributed by atoms with van der Waals surface area (Å²) < 4.78 is 38.7. The lowest BCUT2D eigenvalue weighted by Gasteiger charge is -2.23. The number of fused-ring (bicyclic) bond motifs is 1. The second kappa shape index (κ2) is 9.82. The van der Waals surface area contributed by atoms with Crippen molar-refractivity contribution < 1.29 is 22.8 Å². The number of hydrogen-bond acceptors (Lipinski definition) is 7. The second-order valence-corrected chi connectivity index (χ2v) is 8.28. The van der Waals surface area contributed by atoms with E-state index >= 15 is 0 Å². The molecule has 3 aromatic heterocycles. The normalized spacial score (nSPS) is 16.0. The van der Waals surface area contributed by atoms with E-state index in [0.717, 1.165) is 49.6 Å². The van der Waals surface area contributed by atoms with E-state index in [2.05, 4.69) is 31.0 Å². The van der Waals surface area contributed by atoms with Crippen molar-refractivity contribution in [3.8, 4) is 5.75 Å². The number of halogens is 3. The predicted octanol–water partition coefficient (Wildman–Crippen LogP) is 4.10. The summed E-state index contributed by atoms with van der Waals surface area (Å²) >= 11 is 0. The molecule has 0 bridgehead atoms. The number of alkyl halides is 3. The van der Waals surface area contributed by atoms with Gasteiger partial charge in [-0.25, -0.2) is 9.97 Å². The van der Waals surface area contributed by atoms with Crippen LogP contribution in [-0.2, 0) is 6.18 Å². The molecule has 1 atom stereocenters. The number of piperidine rings is 1. The Hall–Kier alpha value is -4.19. The molecule has 4 heterocycles.